The normalized spacial score (nSPS) is 11.4. The number of nitrogens with two attached hydrogens (primary N) is 1. The van der Waals surface area contributed by atoms with E-state index in [0.29, 0.717) is 30.5 Å². The van der Waals surface area contributed by atoms with Crippen LogP contribution in [-0.2, 0) is 5.41 Å². The van der Waals surface area contributed by atoms with E-state index in [2.05, 4.69) is 15.4 Å². The third kappa shape index (κ3) is 3.54. The summed E-state index contributed by atoms with van der Waals surface area (Å²) >= 11 is 0. The predicted octanol–water partition coefficient (Wildman–Crippen LogP) is 1.13. The summed E-state index contributed by atoms with van der Waals surface area (Å²) in [6.07, 6.45) is 0.569. The number of aromatic nitrogens is 2. The molecule has 1 aromatic rings. The summed E-state index contributed by atoms with van der Waals surface area (Å²) in [7, 11) is 0. The third-order valence-corrected chi connectivity index (χ3v) is 2.45. The van der Waals surface area contributed by atoms with Gasteiger partial charge in [-0.25, -0.2) is 10.8 Å². The Morgan fingerprint density at radius 2 is 2.00 bits per heavy atom. The molecule has 0 aliphatic carbocycles. The topological polar surface area (TPSA) is 93.3 Å². The van der Waals surface area contributed by atoms with E-state index in [4.69, 9.17) is 15.7 Å². The molecule has 0 atom stereocenters. The number of aliphatic hydroxyl groups excluding tert-OH is 1. The molecule has 0 aromatic carbocycles. The maximum Gasteiger partial charge on any atom is 0.221 e. The van der Waals surface area contributed by atoms with Crippen LogP contribution in [0, 0.1) is 6.92 Å². The summed E-state index contributed by atoms with van der Waals surface area (Å²) < 4.78 is 5.55. The molecular formula is C12H22N4O2. The van der Waals surface area contributed by atoms with Crippen molar-refractivity contribution in [3.05, 3.63) is 11.4 Å². The SMILES string of the molecule is Cc1c(NN)nc(C(C)(C)C)nc1OCCCO. The van der Waals surface area contributed by atoms with Crippen LogP contribution in [0.1, 0.15) is 38.6 Å². The molecule has 0 amide bonds. The molecule has 102 valence electrons. The number of anilines is 1. The summed E-state index contributed by atoms with van der Waals surface area (Å²) in [6, 6.07) is 0. The van der Waals surface area contributed by atoms with Crippen LogP contribution in [0.15, 0.2) is 0 Å². The van der Waals surface area contributed by atoms with E-state index in [1.807, 2.05) is 27.7 Å². The van der Waals surface area contributed by atoms with Crippen LogP contribution >= 0.6 is 0 Å². The lowest BCUT2D eigenvalue weighted by atomic mass is 9.95. The average Bonchev–Trinajstić information content (AvgIpc) is 2.30. The first-order chi connectivity index (χ1) is 8.40. The molecule has 1 aromatic heterocycles. The second-order valence-corrected chi connectivity index (χ2v) is 5.15. The van der Waals surface area contributed by atoms with Crippen molar-refractivity contribution in [3.8, 4) is 5.88 Å². The Balaban J connectivity index is 3.07. The molecule has 0 saturated heterocycles. The van der Waals surface area contributed by atoms with Crippen LogP contribution in [0.4, 0.5) is 5.82 Å². The monoisotopic (exact) mass is 254 g/mol. The van der Waals surface area contributed by atoms with E-state index in [1.165, 1.54) is 0 Å². The zero-order valence-corrected chi connectivity index (χ0v) is 11.4. The smallest absolute Gasteiger partial charge is 0.221 e. The van der Waals surface area contributed by atoms with E-state index >= 15 is 0 Å². The molecule has 0 radical (unpaired) electrons. The van der Waals surface area contributed by atoms with E-state index in [0.717, 1.165) is 5.56 Å². The number of hydrazine groups is 1. The molecule has 0 fully saturated rings. The van der Waals surface area contributed by atoms with Crippen molar-refractivity contribution in [1.82, 2.24) is 9.97 Å². The fourth-order valence-corrected chi connectivity index (χ4v) is 1.35. The predicted molar refractivity (Wildman–Crippen MR) is 70.5 cm³/mol. The van der Waals surface area contributed by atoms with E-state index in [-0.39, 0.29) is 12.0 Å². The van der Waals surface area contributed by atoms with E-state index in [1.54, 1.807) is 0 Å². The zero-order valence-electron chi connectivity index (χ0n) is 11.4. The molecule has 1 rings (SSSR count). The first-order valence-electron chi connectivity index (χ1n) is 5.99. The van der Waals surface area contributed by atoms with Gasteiger partial charge in [0, 0.05) is 18.4 Å². The summed E-state index contributed by atoms with van der Waals surface area (Å²) in [4.78, 5) is 8.79. The molecule has 0 aliphatic heterocycles. The number of nitrogens with zero attached hydrogens (tertiary/aromatic N) is 2. The van der Waals surface area contributed by atoms with Crippen LogP contribution in [0.3, 0.4) is 0 Å². The van der Waals surface area contributed by atoms with Gasteiger partial charge in [-0.3, -0.25) is 0 Å². The zero-order chi connectivity index (χ0) is 13.8. The van der Waals surface area contributed by atoms with Crippen LogP contribution in [-0.4, -0.2) is 28.3 Å². The minimum Gasteiger partial charge on any atom is -0.477 e. The minimum atomic E-state index is -0.186. The Bertz CT molecular complexity index is 402. The Morgan fingerprint density at radius 3 is 2.50 bits per heavy atom. The molecule has 0 saturated carbocycles. The fourth-order valence-electron chi connectivity index (χ4n) is 1.35. The van der Waals surface area contributed by atoms with Gasteiger partial charge in [0.05, 0.1) is 12.2 Å². The molecule has 1 heterocycles. The van der Waals surface area contributed by atoms with E-state index in [9.17, 15) is 0 Å². The number of nitrogens with one attached hydrogen (secondary N) is 1. The number of nitrogen functional groups attached to an aromatic ring is 1. The van der Waals surface area contributed by atoms with Crippen LogP contribution < -0.4 is 16.0 Å². The van der Waals surface area contributed by atoms with Gasteiger partial charge in [-0.1, -0.05) is 20.8 Å². The first-order valence-corrected chi connectivity index (χ1v) is 5.99. The highest BCUT2D eigenvalue weighted by atomic mass is 16.5. The average molecular weight is 254 g/mol. The lowest BCUT2D eigenvalue weighted by Gasteiger charge is -2.20. The molecule has 0 spiro atoms. The highest BCUT2D eigenvalue weighted by molar-refractivity contribution is 5.48. The highest BCUT2D eigenvalue weighted by Gasteiger charge is 2.21. The van der Waals surface area contributed by atoms with Crippen molar-refractivity contribution in [2.75, 3.05) is 18.6 Å². The number of ether oxygens (including phenoxy) is 1. The van der Waals surface area contributed by atoms with Crippen molar-refractivity contribution in [2.45, 2.75) is 39.5 Å². The number of rotatable bonds is 5. The molecule has 0 aliphatic rings. The Labute approximate surface area is 108 Å². The van der Waals surface area contributed by atoms with Gasteiger partial charge in [-0.05, 0) is 6.92 Å². The Kier molecular flexibility index (Phi) is 4.86. The Hall–Kier alpha value is -1.40. The largest absolute Gasteiger partial charge is 0.477 e. The Morgan fingerprint density at radius 1 is 1.33 bits per heavy atom. The highest BCUT2D eigenvalue weighted by Crippen LogP contribution is 2.27. The number of aliphatic hydroxyl groups is 1. The van der Waals surface area contributed by atoms with Crippen molar-refractivity contribution in [1.29, 1.82) is 0 Å². The molecule has 0 unspecified atom stereocenters. The molecular weight excluding hydrogens is 232 g/mol. The fraction of sp³-hybridized carbons (Fsp3) is 0.667. The summed E-state index contributed by atoms with van der Waals surface area (Å²) in [5.74, 6) is 7.19. The van der Waals surface area contributed by atoms with Crippen molar-refractivity contribution in [2.24, 2.45) is 5.84 Å². The van der Waals surface area contributed by atoms with Gasteiger partial charge in [0.2, 0.25) is 5.88 Å². The molecule has 4 N–H and O–H groups in total. The van der Waals surface area contributed by atoms with Crippen molar-refractivity contribution >= 4 is 5.82 Å². The quantitative estimate of drug-likeness (QED) is 0.414. The molecule has 0 bridgehead atoms. The van der Waals surface area contributed by atoms with Gasteiger partial charge < -0.3 is 15.3 Å². The lowest BCUT2D eigenvalue weighted by Crippen LogP contribution is -2.21. The van der Waals surface area contributed by atoms with Gasteiger partial charge >= 0.3 is 0 Å². The lowest BCUT2D eigenvalue weighted by molar-refractivity contribution is 0.227. The minimum absolute atomic E-state index is 0.0955. The molecule has 6 nitrogen and oxygen atoms in total. The second-order valence-electron chi connectivity index (χ2n) is 5.15. The van der Waals surface area contributed by atoms with Gasteiger partial charge in [0.25, 0.3) is 0 Å². The second kappa shape index (κ2) is 5.97. The standard InChI is InChI=1S/C12H22N4O2/c1-8-9(16-13)14-11(12(2,3)4)15-10(8)18-7-5-6-17/h17H,5-7,13H2,1-4H3,(H,14,15,16). The van der Waals surface area contributed by atoms with Gasteiger partial charge in [-0.15, -0.1) is 0 Å². The van der Waals surface area contributed by atoms with Crippen molar-refractivity contribution in [3.63, 3.8) is 0 Å². The first kappa shape index (κ1) is 14.7. The van der Waals surface area contributed by atoms with Gasteiger partial charge in [0.15, 0.2) is 5.82 Å². The van der Waals surface area contributed by atoms with Crippen LogP contribution in [0.5, 0.6) is 5.88 Å². The van der Waals surface area contributed by atoms with Crippen molar-refractivity contribution < 1.29 is 9.84 Å². The van der Waals surface area contributed by atoms with Gasteiger partial charge in [-0.2, -0.15) is 4.98 Å². The van der Waals surface area contributed by atoms with Crippen LogP contribution in [0.25, 0.3) is 0 Å². The van der Waals surface area contributed by atoms with E-state index < -0.39 is 0 Å². The molecule has 6 heteroatoms. The van der Waals surface area contributed by atoms with Crippen LogP contribution in [0.2, 0.25) is 0 Å². The van der Waals surface area contributed by atoms with Gasteiger partial charge in [0.1, 0.15) is 5.82 Å². The number of hydrogen-bond donors (Lipinski definition) is 3. The third-order valence-electron chi connectivity index (χ3n) is 2.45. The number of hydrogen-bond acceptors (Lipinski definition) is 6. The summed E-state index contributed by atoms with van der Waals surface area (Å²) in [5.41, 5.74) is 3.14. The summed E-state index contributed by atoms with van der Waals surface area (Å²) in [5, 5.41) is 8.75. The molecule has 18 heavy (non-hydrogen) atoms. The maximum absolute atomic E-state index is 8.75. The summed E-state index contributed by atoms with van der Waals surface area (Å²) in [6.45, 7) is 8.43. The maximum atomic E-state index is 8.75.